The molecule has 0 spiro atoms. The van der Waals surface area contributed by atoms with E-state index in [0.717, 1.165) is 12.8 Å². The summed E-state index contributed by atoms with van der Waals surface area (Å²) in [6.45, 7) is 1.12. The van der Waals surface area contributed by atoms with E-state index in [1.807, 2.05) is 14.1 Å². The van der Waals surface area contributed by atoms with Crippen molar-refractivity contribution in [2.24, 2.45) is 0 Å². The molecule has 0 aliphatic heterocycles. The van der Waals surface area contributed by atoms with E-state index in [0.29, 0.717) is 32.0 Å². The maximum Gasteiger partial charge on any atom is 0.315 e. The SMILES string of the molecule is CN(C)C(CNC(=O)CCCNC(=O)NC1CCCCC1)c1ccsc1. The quantitative estimate of drug-likeness (QED) is 0.577. The van der Waals surface area contributed by atoms with E-state index in [9.17, 15) is 9.59 Å². The summed E-state index contributed by atoms with van der Waals surface area (Å²) in [5.41, 5.74) is 1.22. The number of nitrogens with one attached hydrogen (secondary N) is 3. The van der Waals surface area contributed by atoms with Gasteiger partial charge in [0.25, 0.3) is 0 Å². The molecule has 0 aromatic carbocycles. The zero-order valence-corrected chi connectivity index (χ0v) is 16.7. The van der Waals surface area contributed by atoms with Crippen molar-refractivity contribution in [2.75, 3.05) is 27.2 Å². The van der Waals surface area contributed by atoms with Crippen LogP contribution in [0, 0.1) is 0 Å². The lowest BCUT2D eigenvalue weighted by Crippen LogP contribution is -2.43. The fourth-order valence-electron chi connectivity index (χ4n) is 3.30. The molecule has 26 heavy (non-hydrogen) atoms. The average molecular weight is 381 g/mol. The molecular formula is C19H32N4O2S. The molecule has 1 aromatic rings. The second kappa shape index (κ2) is 11.2. The molecular weight excluding hydrogens is 348 g/mol. The van der Waals surface area contributed by atoms with E-state index in [4.69, 9.17) is 0 Å². The first-order valence-electron chi connectivity index (χ1n) is 9.56. The molecule has 1 atom stereocenters. The first-order chi connectivity index (χ1) is 12.6. The van der Waals surface area contributed by atoms with Crippen LogP contribution in [0.25, 0.3) is 0 Å². The van der Waals surface area contributed by atoms with Crippen LogP contribution in [0.1, 0.15) is 56.6 Å². The van der Waals surface area contributed by atoms with Crippen LogP contribution in [-0.2, 0) is 4.79 Å². The van der Waals surface area contributed by atoms with Gasteiger partial charge in [-0.05, 0) is 55.7 Å². The van der Waals surface area contributed by atoms with Crippen molar-refractivity contribution >= 4 is 23.3 Å². The molecule has 6 nitrogen and oxygen atoms in total. The minimum atomic E-state index is -0.109. The van der Waals surface area contributed by atoms with Crippen LogP contribution in [0.4, 0.5) is 4.79 Å². The molecule has 1 unspecified atom stereocenters. The molecule has 1 aliphatic carbocycles. The fraction of sp³-hybridized carbons (Fsp3) is 0.684. The molecule has 0 saturated heterocycles. The number of amides is 3. The molecule has 146 valence electrons. The molecule has 1 aliphatic rings. The lowest BCUT2D eigenvalue weighted by molar-refractivity contribution is -0.121. The highest BCUT2D eigenvalue weighted by molar-refractivity contribution is 7.07. The zero-order chi connectivity index (χ0) is 18.8. The molecule has 0 bridgehead atoms. The molecule has 2 rings (SSSR count). The van der Waals surface area contributed by atoms with Gasteiger partial charge in [0.2, 0.25) is 5.91 Å². The summed E-state index contributed by atoms with van der Waals surface area (Å²) >= 11 is 1.67. The van der Waals surface area contributed by atoms with Gasteiger partial charge in [-0.1, -0.05) is 19.3 Å². The van der Waals surface area contributed by atoms with Crippen molar-refractivity contribution in [1.82, 2.24) is 20.9 Å². The Labute approximate surface area is 160 Å². The summed E-state index contributed by atoms with van der Waals surface area (Å²) in [4.78, 5) is 26.0. The molecule has 3 amide bonds. The summed E-state index contributed by atoms with van der Waals surface area (Å²) in [6, 6.07) is 2.48. The highest BCUT2D eigenvalue weighted by Gasteiger charge is 2.16. The smallest absolute Gasteiger partial charge is 0.315 e. The van der Waals surface area contributed by atoms with Gasteiger partial charge in [0.05, 0.1) is 6.04 Å². The third kappa shape index (κ3) is 7.33. The number of likely N-dealkylation sites (N-methyl/N-ethyl adjacent to an activating group) is 1. The summed E-state index contributed by atoms with van der Waals surface area (Å²) in [5, 5.41) is 13.0. The number of hydrogen-bond acceptors (Lipinski definition) is 4. The van der Waals surface area contributed by atoms with Crippen molar-refractivity contribution in [3.8, 4) is 0 Å². The number of hydrogen-bond donors (Lipinski definition) is 3. The normalized spacial score (nSPS) is 16.3. The summed E-state index contributed by atoms with van der Waals surface area (Å²) in [6.07, 6.45) is 6.90. The van der Waals surface area contributed by atoms with Crippen molar-refractivity contribution in [1.29, 1.82) is 0 Å². The van der Waals surface area contributed by atoms with E-state index in [1.54, 1.807) is 11.3 Å². The second-order valence-corrected chi connectivity index (χ2v) is 7.96. The highest BCUT2D eigenvalue weighted by Crippen LogP contribution is 2.20. The van der Waals surface area contributed by atoms with Crippen LogP contribution in [0.15, 0.2) is 16.8 Å². The Bertz CT molecular complexity index is 542. The Morgan fingerprint density at radius 3 is 2.65 bits per heavy atom. The second-order valence-electron chi connectivity index (χ2n) is 7.18. The van der Waals surface area contributed by atoms with E-state index in [1.165, 1.54) is 24.8 Å². The van der Waals surface area contributed by atoms with Gasteiger partial charge in [-0.2, -0.15) is 11.3 Å². The summed E-state index contributed by atoms with van der Waals surface area (Å²) in [7, 11) is 4.03. The van der Waals surface area contributed by atoms with Crippen molar-refractivity contribution in [3.63, 3.8) is 0 Å². The Morgan fingerprint density at radius 1 is 1.23 bits per heavy atom. The first kappa shape index (κ1) is 20.7. The third-order valence-corrected chi connectivity index (χ3v) is 5.55. The van der Waals surface area contributed by atoms with Crippen LogP contribution >= 0.6 is 11.3 Å². The third-order valence-electron chi connectivity index (χ3n) is 4.85. The molecule has 1 heterocycles. The summed E-state index contributed by atoms with van der Waals surface area (Å²) in [5.74, 6) is 0.0292. The first-order valence-corrected chi connectivity index (χ1v) is 10.5. The van der Waals surface area contributed by atoms with Crippen LogP contribution in [0.3, 0.4) is 0 Å². The van der Waals surface area contributed by atoms with Gasteiger partial charge in [-0.3, -0.25) is 4.79 Å². The molecule has 1 saturated carbocycles. The maximum atomic E-state index is 12.0. The number of thiophene rings is 1. The standard InChI is InChI=1S/C19H32N4O2S/c1-23(2)17(15-10-12-26-14-15)13-21-18(24)9-6-11-20-19(25)22-16-7-4-3-5-8-16/h10,12,14,16-17H,3-9,11,13H2,1-2H3,(H,21,24)(H2,20,22,25). The van der Waals surface area contributed by atoms with Crippen LogP contribution in [-0.4, -0.2) is 50.1 Å². The average Bonchev–Trinajstić information content (AvgIpc) is 3.14. The van der Waals surface area contributed by atoms with Crippen LogP contribution in [0.2, 0.25) is 0 Å². The lowest BCUT2D eigenvalue weighted by Gasteiger charge is -2.24. The predicted octanol–water partition coefficient (Wildman–Crippen LogP) is 2.88. The van der Waals surface area contributed by atoms with E-state index in [2.05, 4.69) is 37.7 Å². The fourth-order valence-corrected chi connectivity index (χ4v) is 4.00. The topological polar surface area (TPSA) is 73.5 Å². The predicted molar refractivity (Wildman–Crippen MR) is 106 cm³/mol. The van der Waals surface area contributed by atoms with Gasteiger partial charge < -0.3 is 20.9 Å². The minimum absolute atomic E-state index is 0.0292. The minimum Gasteiger partial charge on any atom is -0.354 e. The number of carbonyl (C=O) groups excluding carboxylic acids is 2. The Morgan fingerprint density at radius 2 is 2.00 bits per heavy atom. The molecule has 7 heteroatoms. The Hall–Kier alpha value is -1.60. The van der Waals surface area contributed by atoms with Crippen LogP contribution < -0.4 is 16.0 Å². The Kier molecular flexibility index (Phi) is 8.91. The zero-order valence-electron chi connectivity index (χ0n) is 15.9. The summed E-state index contributed by atoms with van der Waals surface area (Å²) < 4.78 is 0. The van der Waals surface area contributed by atoms with Crippen molar-refractivity contribution in [2.45, 2.75) is 57.0 Å². The number of nitrogens with zero attached hydrogens (tertiary/aromatic N) is 1. The van der Waals surface area contributed by atoms with Gasteiger partial charge in [-0.15, -0.1) is 0 Å². The van der Waals surface area contributed by atoms with Gasteiger partial charge >= 0.3 is 6.03 Å². The molecule has 1 fully saturated rings. The number of urea groups is 1. The maximum absolute atomic E-state index is 12.0. The highest BCUT2D eigenvalue weighted by atomic mass is 32.1. The largest absolute Gasteiger partial charge is 0.354 e. The van der Waals surface area contributed by atoms with Crippen LogP contribution in [0.5, 0.6) is 0 Å². The monoisotopic (exact) mass is 380 g/mol. The van der Waals surface area contributed by atoms with E-state index in [-0.39, 0.29) is 18.0 Å². The van der Waals surface area contributed by atoms with E-state index >= 15 is 0 Å². The molecule has 0 radical (unpaired) electrons. The lowest BCUT2D eigenvalue weighted by atomic mass is 9.96. The number of rotatable bonds is 9. The van der Waals surface area contributed by atoms with Gasteiger partial charge in [0, 0.05) is 25.6 Å². The molecule has 3 N–H and O–H groups in total. The number of carbonyl (C=O) groups is 2. The van der Waals surface area contributed by atoms with Crippen molar-refractivity contribution < 1.29 is 9.59 Å². The van der Waals surface area contributed by atoms with E-state index < -0.39 is 0 Å². The molecule has 1 aromatic heterocycles. The van der Waals surface area contributed by atoms with Crippen molar-refractivity contribution in [3.05, 3.63) is 22.4 Å². The van der Waals surface area contributed by atoms with Gasteiger partial charge in [-0.25, -0.2) is 4.79 Å². The Balaban J connectivity index is 1.57. The van der Waals surface area contributed by atoms with Gasteiger partial charge in [0.1, 0.15) is 0 Å². The van der Waals surface area contributed by atoms with Gasteiger partial charge in [0.15, 0.2) is 0 Å².